The second-order valence-electron chi connectivity index (χ2n) is 7.01. The van der Waals surface area contributed by atoms with Crippen LogP contribution in [0.25, 0.3) is 11.7 Å². The van der Waals surface area contributed by atoms with Crippen LogP contribution in [0.2, 0.25) is 0 Å². The summed E-state index contributed by atoms with van der Waals surface area (Å²) in [5, 5.41) is 9.47. The van der Waals surface area contributed by atoms with Gasteiger partial charge in [-0.15, -0.1) is 0 Å². The zero-order chi connectivity index (χ0) is 19.3. The molecule has 1 saturated heterocycles. The number of benzene rings is 1. The van der Waals surface area contributed by atoms with E-state index in [-0.39, 0.29) is 0 Å². The normalized spacial score (nSPS) is 14.5. The maximum Gasteiger partial charge on any atom is 0.266 e. The first-order valence-corrected chi connectivity index (χ1v) is 9.68. The van der Waals surface area contributed by atoms with E-state index in [1.807, 2.05) is 37.3 Å². The van der Waals surface area contributed by atoms with Crippen LogP contribution in [0, 0.1) is 18.3 Å². The van der Waals surface area contributed by atoms with E-state index in [4.69, 9.17) is 13.6 Å². The number of furan rings is 1. The molecule has 1 fully saturated rings. The number of hydrogen-bond acceptors (Lipinski definition) is 6. The maximum absolute atomic E-state index is 9.47. The van der Waals surface area contributed by atoms with Gasteiger partial charge in [-0.05, 0) is 43.5 Å². The van der Waals surface area contributed by atoms with Gasteiger partial charge in [-0.2, -0.15) is 10.2 Å². The topological polar surface area (TPSA) is 75.4 Å². The number of ether oxygens (including phenoxy) is 1. The lowest BCUT2D eigenvalue weighted by atomic mass is 10.2. The number of rotatable bonds is 5. The van der Waals surface area contributed by atoms with Crippen LogP contribution in [0.15, 0.2) is 45.2 Å². The van der Waals surface area contributed by atoms with Crippen LogP contribution in [0.4, 0.5) is 5.88 Å². The molecule has 3 aromatic rings. The van der Waals surface area contributed by atoms with E-state index < -0.39 is 0 Å². The molecule has 3 heterocycles. The smallest absolute Gasteiger partial charge is 0.266 e. The molecule has 0 spiro atoms. The average molecular weight is 377 g/mol. The van der Waals surface area contributed by atoms with Crippen molar-refractivity contribution in [1.82, 2.24) is 4.98 Å². The van der Waals surface area contributed by atoms with Gasteiger partial charge >= 0.3 is 0 Å². The Morgan fingerprint density at radius 3 is 2.61 bits per heavy atom. The Kier molecular flexibility index (Phi) is 5.34. The van der Waals surface area contributed by atoms with Gasteiger partial charge in [0, 0.05) is 13.1 Å². The molecular formula is C22H23N3O3. The molecule has 0 bridgehead atoms. The van der Waals surface area contributed by atoms with Crippen LogP contribution in [0.5, 0.6) is 5.75 Å². The number of aromatic nitrogens is 1. The fourth-order valence-electron chi connectivity index (χ4n) is 3.42. The summed E-state index contributed by atoms with van der Waals surface area (Å²) in [5.41, 5.74) is 1.38. The van der Waals surface area contributed by atoms with Gasteiger partial charge in [0.15, 0.2) is 5.76 Å². The van der Waals surface area contributed by atoms with Crippen molar-refractivity contribution in [2.24, 2.45) is 0 Å². The summed E-state index contributed by atoms with van der Waals surface area (Å²) in [4.78, 5) is 6.46. The lowest BCUT2D eigenvalue weighted by molar-refractivity contribution is 0.269. The van der Waals surface area contributed by atoms with Crippen molar-refractivity contribution < 1.29 is 13.6 Å². The Morgan fingerprint density at radius 2 is 1.86 bits per heavy atom. The molecule has 2 aromatic heterocycles. The second kappa shape index (κ2) is 8.22. The molecule has 0 aliphatic carbocycles. The number of hydrogen-bond donors (Lipinski definition) is 0. The number of nitriles is 1. The van der Waals surface area contributed by atoms with Crippen LogP contribution >= 0.6 is 0 Å². The van der Waals surface area contributed by atoms with E-state index >= 15 is 0 Å². The molecular weight excluding hydrogens is 354 g/mol. The highest BCUT2D eigenvalue weighted by atomic mass is 16.5. The highest BCUT2D eigenvalue weighted by molar-refractivity contribution is 5.56. The van der Waals surface area contributed by atoms with E-state index in [0.717, 1.165) is 37.2 Å². The fraction of sp³-hybridized carbons (Fsp3) is 0.364. The third kappa shape index (κ3) is 3.89. The van der Waals surface area contributed by atoms with Gasteiger partial charge in [-0.1, -0.05) is 31.0 Å². The third-order valence-corrected chi connectivity index (χ3v) is 4.94. The summed E-state index contributed by atoms with van der Waals surface area (Å²) in [6.45, 7) is 4.09. The van der Waals surface area contributed by atoms with E-state index in [9.17, 15) is 5.26 Å². The van der Waals surface area contributed by atoms with Gasteiger partial charge in [0.2, 0.25) is 11.6 Å². The molecule has 0 N–H and O–H groups in total. The van der Waals surface area contributed by atoms with E-state index in [0.29, 0.717) is 35.6 Å². The van der Waals surface area contributed by atoms with Crippen LogP contribution in [0.3, 0.4) is 0 Å². The number of para-hydroxylation sites is 1. The highest BCUT2D eigenvalue weighted by Crippen LogP contribution is 2.31. The largest absolute Gasteiger partial charge is 0.485 e. The van der Waals surface area contributed by atoms with Gasteiger partial charge in [0.25, 0.3) is 5.89 Å². The van der Waals surface area contributed by atoms with Gasteiger partial charge < -0.3 is 18.5 Å². The summed E-state index contributed by atoms with van der Waals surface area (Å²) in [6, 6.07) is 13.6. The minimum atomic E-state index is 0.311. The van der Waals surface area contributed by atoms with Gasteiger partial charge in [0.1, 0.15) is 24.2 Å². The van der Waals surface area contributed by atoms with Crippen LogP contribution < -0.4 is 9.64 Å². The molecule has 6 nitrogen and oxygen atoms in total. The molecule has 1 aliphatic rings. The van der Waals surface area contributed by atoms with Crippen molar-refractivity contribution in [1.29, 1.82) is 5.26 Å². The number of aryl methyl sites for hydroxylation is 1. The zero-order valence-corrected chi connectivity index (χ0v) is 16.0. The number of nitrogens with zero attached hydrogens (tertiary/aromatic N) is 3. The molecule has 4 rings (SSSR count). The summed E-state index contributed by atoms with van der Waals surface area (Å²) >= 11 is 0. The molecule has 144 valence electrons. The first-order valence-electron chi connectivity index (χ1n) is 9.68. The predicted octanol–water partition coefficient (Wildman–Crippen LogP) is 5.07. The lowest BCUT2D eigenvalue weighted by Gasteiger charge is -2.18. The van der Waals surface area contributed by atoms with Crippen molar-refractivity contribution in [3.05, 3.63) is 53.4 Å². The van der Waals surface area contributed by atoms with Gasteiger partial charge in [-0.25, -0.2) is 0 Å². The molecule has 0 amide bonds. The minimum Gasteiger partial charge on any atom is -0.485 e. The highest BCUT2D eigenvalue weighted by Gasteiger charge is 2.22. The van der Waals surface area contributed by atoms with E-state index in [2.05, 4.69) is 16.0 Å². The lowest BCUT2D eigenvalue weighted by Crippen LogP contribution is -2.24. The van der Waals surface area contributed by atoms with Gasteiger partial charge in [0.05, 0.1) is 0 Å². The summed E-state index contributed by atoms with van der Waals surface area (Å²) in [6.07, 6.45) is 4.62. The summed E-state index contributed by atoms with van der Waals surface area (Å²) < 4.78 is 17.6. The fourth-order valence-corrected chi connectivity index (χ4v) is 3.42. The van der Waals surface area contributed by atoms with Crippen LogP contribution in [-0.4, -0.2) is 18.1 Å². The Labute approximate surface area is 164 Å². The molecule has 0 unspecified atom stereocenters. The predicted molar refractivity (Wildman–Crippen MR) is 105 cm³/mol. The minimum absolute atomic E-state index is 0.311. The quantitative estimate of drug-likeness (QED) is 0.617. The molecule has 0 atom stereocenters. The average Bonchev–Trinajstić information content (AvgIpc) is 3.27. The van der Waals surface area contributed by atoms with Crippen molar-refractivity contribution in [3.8, 4) is 23.5 Å². The van der Waals surface area contributed by atoms with Gasteiger partial charge in [-0.3, -0.25) is 0 Å². The van der Waals surface area contributed by atoms with Crippen molar-refractivity contribution in [2.45, 2.75) is 39.2 Å². The molecule has 1 aliphatic heterocycles. The number of anilines is 1. The molecule has 0 saturated carbocycles. The Morgan fingerprint density at radius 1 is 1.07 bits per heavy atom. The SMILES string of the molecule is Cc1ccccc1OCc1ccc(-c2nc(C#N)c(N3CCCCCC3)o2)o1. The molecule has 0 radical (unpaired) electrons. The van der Waals surface area contributed by atoms with Crippen molar-refractivity contribution in [2.75, 3.05) is 18.0 Å². The summed E-state index contributed by atoms with van der Waals surface area (Å²) in [5.74, 6) is 2.88. The molecule has 28 heavy (non-hydrogen) atoms. The van der Waals surface area contributed by atoms with Crippen molar-refractivity contribution >= 4 is 5.88 Å². The Balaban J connectivity index is 1.50. The molecule has 6 heteroatoms. The summed E-state index contributed by atoms with van der Waals surface area (Å²) in [7, 11) is 0. The van der Waals surface area contributed by atoms with Crippen LogP contribution in [0.1, 0.15) is 42.7 Å². The Hall–Kier alpha value is -3.20. The maximum atomic E-state index is 9.47. The zero-order valence-electron chi connectivity index (χ0n) is 16.0. The number of oxazole rings is 1. The second-order valence-corrected chi connectivity index (χ2v) is 7.01. The van der Waals surface area contributed by atoms with Crippen molar-refractivity contribution in [3.63, 3.8) is 0 Å². The monoisotopic (exact) mass is 377 g/mol. The van der Waals surface area contributed by atoms with E-state index in [1.165, 1.54) is 12.8 Å². The molecule has 1 aromatic carbocycles. The standard InChI is InChI=1S/C22H23N3O3/c1-16-8-4-5-9-19(16)26-15-17-10-11-20(27-17)21-24-18(14-23)22(28-21)25-12-6-2-3-7-13-25/h4-5,8-11H,2-3,6-7,12-13,15H2,1H3. The van der Waals surface area contributed by atoms with Crippen LogP contribution in [-0.2, 0) is 6.61 Å². The first-order chi connectivity index (χ1) is 13.7. The Bertz CT molecular complexity index is 975. The first kappa shape index (κ1) is 18.2. The third-order valence-electron chi connectivity index (χ3n) is 4.94. The van der Waals surface area contributed by atoms with E-state index in [1.54, 1.807) is 6.07 Å².